The second-order valence-corrected chi connectivity index (χ2v) is 6.74. The number of sulfonamides is 1. The van der Waals surface area contributed by atoms with Crippen LogP contribution in [0.2, 0.25) is 5.02 Å². The second kappa shape index (κ2) is 5.95. The maximum absolute atomic E-state index is 12.4. The van der Waals surface area contributed by atoms with Gasteiger partial charge in [-0.15, -0.1) is 0 Å². The van der Waals surface area contributed by atoms with Gasteiger partial charge in [0.1, 0.15) is 4.90 Å². The topological polar surface area (TPSA) is 90.0 Å². The Labute approximate surface area is 129 Å². The van der Waals surface area contributed by atoms with Gasteiger partial charge in [0.2, 0.25) is 0 Å². The van der Waals surface area contributed by atoms with Crippen LogP contribution in [0.1, 0.15) is 18.9 Å². The highest BCUT2D eigenvalue weighted by Crippen LogP contribution is 2.29. The summed E-state index contributed by atoms with van der Waals surface area (Å²) in [5.74, 6) is -0.0272. The summed E-state index contributed by atoms with van der Waals surface area (Å²) in [6.45, 7) is 4.34. The Bertz CT molecular complexity index is 735. The van der Waals surface area contributed by atoms with Gasteiger partial charge < -0.3 is 5.73 Å². The van der Waals surface area contributed by atoms with Crippen molar-refractivity contribution >= 4 is 33.1 Å². The van der Waals surface area contributed by atoms with E-state index in [9.17, 15) is 8.42 Å². The molecule has 114 valence electrons. The number of nitrogens with one attached hydrogen (secondary N) is 1. The number of aromatic nitrogens is 2. The Morgan fingerprint density at radius 3 is 2.76 bits per heavy atom. The highest BCUT2D eigenvalue weighted by molar-refractivity contribution is 7.92. The van der Waals surface area contributed by atoms with Gasteiger partial charge in [-0.25, -0.2) is 8.42 Å². The summed E-state index contributed by atoms with van der Waals surface area (Å²) in [7, 11) is -3.83. The summed E-state index contributed by atoms with van der Waals surface area (Å²) in [6, 6.07) is 5.15. The number of rotatable bonds is 5. The number of aryl methyl sites for hydroxylation is 2. The van der Waals surface area contributed by atoms with Crippen molar-refractivity contribution in [1.29, 1.82) is 0 Å². The monoisotopic (exact) mass is 328 g/mol. The van der Waals surface area contributed by atoms with Crippen LogP contribution in [0.5, 0.6) is 0 Å². The van der Waals surface area contributed by atoms with E-state index < -0.39 is 10.0 Å². The zero-order valence-electron chi connectivity index (χ0n) is 11.8. The van der Waals surface area contributed by atoms with Crippen molar-refractivity contribution in [3.63, 3.8) is 0 Å². The SMILES string of the molecule is CCCn1cc(S(=O)(=O)Nc2c(C)cccc2Cl)c(N)n1. The minimum Gasteiger partial charge on any atom is -0.381 e. The molecule has 0 saturated heterocycles. The Hall–Kier alpha value is -1.73. The Morgan fingerprint density at radius 1 is 1.43 bits per heavy atom. The fourth-order valence-electron chi connectivity index (χ4n) is 1.92. The maximum Gasteiger partial charge on any atom is 0.267 e. The lowest BCUT2D eigenvalue weighted by Gasteiger charge is -2.11. The molecule has 0 fully saturated rings. The van der Waals surface area contributed by atoms with Crippen molar-refractivity contribution in [1.82, 2.24) is 9.78 Å². The van der Waals surface area contributed by atoms with Crippen LogP contribution < -0.4 is 10.5 Å². The fraction of sp³-hybridized carbons (Fsp3) is 0.308. The zero-order valence-corrected chi connectivity index (χ0v) is 13.4. The number of para-hydroxylation sites is 1. The predicted molar refractivity (Wildman–Crippen MR) is 83.9 cm³/mol. The first-order valence-corrected chi connectivity index (χ1v) is 8.32. The smallest absolute Gasteiger partial charge is 0.267 e. The van der Waals surface area contributed by atoms with Crippen LogP contribution in [0, 0.1) is 6.92 Å². The maximum atomic E-state index is 12.4. The standard InChI is InChI=1S/C13H17ClN4O2S/c1-3-7-18-8-11(13(15)16-18)21(19,20)17-12-9(2)5-4-6-10(12)14/h4-6,8,17H,3,7H2,1-2H3,(H2,15,16). The van der Waals surface area contributed by atoms with Crippen molar-refractivity contribution in [3.05, 3.63) is 35.0 Å². The summed E-state index contributed by atoms with van der Waals surface area (Å²) in [5.41, 5.74) is 6.78. The molecule has 3 N–H and O–H groups in total. The molecule has 1 aromatic carbocycles. The highest BCUT2D eigenvalue weighted by atomic mass is 35.5. The molecule has 8 heteroatoms. The molecule has 0 unspecified atom stereocenters. The van der Waals surface area contributed by atoms with Gasteiger partial charge in [-0.05, 0) is 25.0 Å². The summed E-state index contributed by atoms with van der Waals surface area (Å²) in [6.07, 6.45) is 2.25. The molecule has 0 atom stereocenters. The van der Waals surface area contributed by atoms with Crippen LogP contribution in [-0.4, -0.2) is 18.2 Å². The van der Waals surface area contributed by atoms with Gasteiger partial charge in [0, 0.05) is 12.7 Å². The predicted octanol–water partition coefficient (Wildman–Crippen LogP) is 2.64. The van der Waals surface area contributed by atoms with E-state index in [1.54, 1.807) is 25.1 Å². The van der Waals surface area contributed by atoms with E-state index in [1.165, 1.54) is 10.9 Å². The van der Waals surface area contributed by atoms with E-state index in [1.807, 2.05) is 6.92 Å². The first-order chi connectivity index (χ1) is 9.85. The van der Waals surface area contributed by atoms with Crippen LogP contribution in [0.25, 0.3) is 0 Å². The quantitative estimate of drug-likeness (QED) is 0.882. The van der Waals surface area contributed by atoms with E-state index in [0.29, 0.717) is 17.3 Å². The number of hydrogen-bond donors (Lipinski definition) is 2. The number of nitrogen functional groups attached to an aromatic ring is 1. The van der Waals surface area contributed by atoms with Gasteiger partial charge in [0.25, 0.3) is 10.0 Å². The number of hydrogen-bond acceptors (Lipinski definition) is 4. The van der Waals surface area contributed by atoms with Crippen molar-refractivity contribution < 1.29 is 8.42 Å². The largest absolute Gasteiger partial charge is 0.381 e. The van der Waals surface area contributed by atoms with Crippen molar-refractivity contribution in [3.8, 4) is 0 Å². The first kappa shape index (κ1) is 15.7. The molecule has 6 nitrogen and oxygen atoms in total. The lowest BCUT2D eigenvalue weighted by molar-refractivity contribution is 0.595. The van der Waals surface area contributed by atoms with Crippen LogP contribution in [0.3, 0.4) is 0 Å². The minimum atomic E-state index is -3.83. The average molecular weight is 329 g/mol. The molecule has 0 bridgehead atoms. The van der Waals surface area contributed by atoms with Gasteiger partial charge in [0.05, 0.1) is 10.7 Å². The lowest BCUT2D eigenvalue weighted by atomic mass is 10.2. The number of benzene rings is 1. The van der Waals surface area contributed by atoms with E-state index in [2.05, 4.69) is 9.82 Å². The molecule has 0 radical (unpaired) electrons. The van der Waals surface area contributed by atoms with Gasteiger partial charge >= 0.3 is 0 Å². The Balaban J connectivity index is 2.39. The molecule has 0 amide bonds. The summed E-state index contributed by atoms with van der Waals surface area (Å²) in [4.78, 5) is -0.0460. The van der Waals surface area contributed by atoms with Gasteiger partial charge in [0.15, 0.2) is 5.82 Å². The highest BCUT2D eigenvalue weighted by Gasteiger charge is 2.22. The average Bonchev–Trinajstić information content (AvgIpc) is 2.76. The molecule has 21 heavy (non-hydrogen) atoms. The molecular weight excluding hydrogens is 312 g/mol. The number of anilines is 2. The Kier molecular flexibility index (Phi) is 4.43. The molecule has 1 heterocycles. The van der Waals surface area contributed by atoms with Crippen molar-refractivity contribution in [2.24, 2.45) is 0 Å². The van der Waals surface area contributed by atoms with E-state index in [0.717, 1.165) is 12.0 Å². The van der Waals surface area contributed by atoms with Gasteiger partial charge in [-0.3, -0.25) is 9.40 Å². The molecule has 0 saturated carbocycles. The summed E-state index contributed by atoms with van der Waals surface area (Å²) in [5, 5.41) is 4.33. The van der Waals surface area contributed by atoms with Crippen molar-refractivity contribution in [2.75, 3.05) is 10.5 Å². The summed E-state index contributed by atoms with van der Waals surface area (Å²) >= 11 is 6.04. The van der Waals surface area contributed by atoms with Gasteiger partial charge in [-0.2, -0.15) is 5.10 Å². The number of nitrogens with zero attached hydrogens (tertiary/aromatic N) is 2. The summed E-state index contributed by atoms with van der Waals surface area (Å²) < 4.78 is 28.9. The zero-order chi connectivity index (χ0) is 15.6. The minimum absolute atomic E-state index is 0.0272. The second-order valence-electron chi connectivity index (χ2n) is 4.68. The molecule has 0 aliphatic rings. The fourth-order valence-corrected chi connectivity index (χ4v) is 3.47. The van der Waals surface area contributed by atoms with Crippen LogP contribution >= 0.6 is 11.6 Å². The number of halogens is 1. The third kappa shape index (κ3) is 3.30. The van der Waals surface area contributed by atoms with E-state index in [4.69, 9.17) is 17.3 Å². The van der Waals surface area contributed by atoms with E-state index in [-0.39, 0.29) is 10.7 Å². The number of nitrogens with two attached hydrogens (primary N) is 1. The third-order valence-corrected chi connectivity index (χ3v) is 4.64. The molecule has 0 aliphatic carbocycles. The third-order valence-electron chi connectivity index (χ3n) is 2.96. The molecule has 0 aliphatic heterocycles. The normalized spacial score (nSPS) is 11.6. The van der Waals surface area contributed by atoms with Crippen LogP contribution in [0.4, 0.5) is 11.5 Å². The van der Waals surface area contributed by atoms with E-state index >= 15 is 0 Å². The first-order valence-electron chi connectivity index (χ1n) is 6.46. The van der Waals surface area contributed by atoms with Crippen LogP contribution in [-0.2, 0) is 16.6 Å². The molecular formula is C13H17ClN4O2S. The van der Waals surface area contributed by atoms with Crippen LogP contribution in [0.15, 0.2) is 29.3 Å². The van der Waals surface area contributed by atoms with Crippen molar-refractivity contribution in [2.45, 2.75) is 31.7 Å². The lowest BCUT2D eigenvalue weighted by Crippen LogP contribution is -2.15. The Morgan fingerprint density at radius 2 is 2.14 bits per heavy atom. The molecule has 2 aromatic rings. The molecule has 1 aromatic heterocycles. The molecule has 2 rings (SSSR count). The molecule has 0 spiro atoms. The van der Waals surface area contributed by atoms with Gasteiger partial charge in [-0.1, -0.05) is 30.7 Å².